The summed E-state index contributed by atoms with van der Waals surface area (Å²) in [5, 5.41) is 2.94. The van der Waals surface area contributed by atoms with Crippen LogP contribution in [0.1, 0.15) is 30.9 Å². The largest absolute Gasteiger partial charge is 0.481 e. The van der Waals surface area contributed by atoms with Crippen molar-refractivity contribution in [2.24, 2.45) is 0 Å². The van der Waals surface area contributed by atoms with E-state index in [1.165, 1.54) is 5.56 Å². The van der Waals surface area contributed by atoms with E-state index in [2.05, 4.69) is 11.4 Å². The fourth-order valence-electron chi connectivity index (χ4n) is 1.72. The Bertz CT molecular complexity index is 424. The first kappa shape index (κ1) is 12.0. The summed E-state index contributed by atoms with van der Waals surface area (Å²) in [6.45, 7) is 5.82. The van der Waals surface area contributed by atoms with Crippen LogP contribution in [-0.4, -0.2) is 18.1 Å². The fourth-order valence-corrected chi connectivity index (χ4v) is 1.72. The molecule has 0 aromatic heterocycles. The van der Waals surface area contributed by atoms with E-state index in [4.69, 9.17) is 4.74 Å². The summed E-state index contributed by atoms with van der Waals surface area (Å²) in [4.78, 5) is 11.7. The van der Waals surface area contributed by atoms with Crippen molar-refractivity contribution in [3.63, 3.8) is 0 Å². The van der Waals surface area contributed by atoms with Gasteiger partial charge >= 0.3 is 0 Å². The predicted octanol–water partition coefficient (Wildman–Crippen LogP) is 2.35. The minimum Gasteiger partial charge on any atom is -0.481 e. The number of benzene rings is 1. The number of ether oxygens (including phenoxy) is 1. The van der Waals surface area contributed by atoms with Gasteiger partial charge in [-0.1, -0.05) is 17.7 Å². The molecule has 0 unspecified atom stereocenters. The van der Waals surface area contributed by atoms with Gasteiger partial charge in [-0.05, 0) is 45.2 Å². The van der Waals surface area contributed by atoms with Crippen molar-refractivity contribution < 1.29 is 9.53 Å². The molecule has 1 N–H and O–H groups in total. The van der Waals surface area contributed by atoms with Crippen molar-refractivity contribution in [1.82, 2.24) is 5.32 Å². The molecule has 1 aliphatic carbocycles. The minimum absolute atomic E-state index is 0.0209. The smallest absolute Gasteiger partial charge is 0.260 e. The highest BCUT2D eigenvalue weighted by Gasteiger charge is 2.26. The zero-order chi connectivity index (χ0) is 12.4. The van der Waals surface area contributed by atoms with Gasteiger partial charge in [0.2, 0.25) is 0 Å². The van der Waals surface area contributed by atoms with E-state index >= 15 is 0 Å². The van der Waals surface area contributed by atoms with Crippen LogP contribution >= 0.6 is 0 Å². The second-order valence-corrected chi connectivity index (χ2v) is 4.81. The normalized spacial score (nSPS) is 16.4. The summed E-state index contributed by atoms with van der Waals surface area (Å²) in [6, 6.07) is 6.35. The standard InChI is InChI=1S/C14H19NO2/c1-9-4-7-13(10(2)8-9)17-11(3)14(16)15-12-5-6-12/h4,7-8,11-12H,5-6H2,1-3H3,(H,15,16)/t11-/m0/s1. The van der Waals surface area contributed by atoms with Gasteiger partial charge in [-0.2, -0.15) is 0 Å². The molecule has 0 heterocycles. The van der Waals surface area contributed by atoms with Crippen LogP contribution in [0.15, 0.2) is 18.2 Å². The van der Waals surface area contributed by atoms with Crippen LogP contribution in [0.5, 0.6) is 5.75 Å². The van der Waals surface area contributed by atoms with Gasteiger partial charge < -0.3 is 10.1 Å². The third-order valence-corrected chi connectivity index (χ3v) is 2.93. The van der Waals surface area contributed by atoms with Gasteiger partial charge in [0.05, 0.1) is 0 Å². The highest BCUT2D eigenvalue weighted by molar-refractivity contribution is 5.81. The summed E-state index contributed by atoms with van der Waals surface area (Å²) < 4.78 is 5.68. The van der Waals surface area contributed by atoms with Crippen LogP contribution in [0.3, 0.4) is 0 Å². The Balaban J connectivity index is 1.96. The number of carbonyl (C=O) groups is 1. The molecule has 0 aliphatic heterocycles. The molecular formula is C14H19NO2. The predicted molar refractivity (Wildman–Crippen MR) is 67.2 cm³/mol. The molecule has 0 radical (unpaired) electrons. The number of nitrogens with one attached hydrogen (secondary N) is 1. The van der Waals surface area contributed by atoms with E-state index in [-0.39, 0.29) is 5.91 Å². The Morgan fingerprint density at radius 1 is 1.41 bits per heavy atom. The average Bonchev–Trinajstić information content (AvgIpc) is 3.06. The van der Waals surface area contributed by atoms with Crippen molar-refractivity contribution in [1.29, 1.82) is 0 Å². The Labute approximate surface area is 102 Å². The highest BCUT2D eigenvalue weighted by atomic mass is 16.5. The lowest BCUT2D eigenvalue weighted by molar-refractivity contribution is -0.127. The van der Waals surface area contributed by atoms with Crippen LogP contribution in [0, 0.1) is 13.8 Å². The average molecular weight is 233 g/mol. The molecule has 1 aromatic rings. The fraction of sp³-hybridized carbons (Fsp3) is 0.500. The maximum absolute atomic E-state index is 11.7. The number of aryl methyl sites for hydroxylation is 2. The third-order valence-electron chi connectivity index (χ3n) is 2.93. The zero-order valence-corrected chi connectivity index (χ0v) is 10.6. The van der Waals surface area contributed by atoms with Crippen LogP contribution in [-0.2, 0) is 4.79 Å². The second kappa shape index (κ2) is 4.78. The van der Waals surface area contributed by atoms with Gasteiger partial charge in [0.15, 0.2) is 6.10 Å². The van der Waals surface area contributed by atoms with Crippen molar-refractivity contribution in [3.05, 3.63) is 29.3 Å². The molecule has 0 saturated heterocycles. The molecule has 3 nitrogen and oxygen atoms in total. The van der Waals surface area contributed by atoms with Crippen molar-refractivity contribution >= 4 is 5.91 Å². The van der Waals surface area contributed by atoms with Crippen LogP contribution < -0.4 is 10.1 Å². The van der Waals surface area contributed by atoms with Gasteiger partial charge in [0, 0.05) is 6.04 Å². The number of rotatable bonds is 4. The topological polar surface area (TPSA) is 38.3 Å². The molecule has 1 aromatic carbocycles. The van der Waals surface area contributed by atoms with E-state index in [9.17, 15) is 4.79 Å². The van der Waals surface area contributed by atoms with E-state index in [1.54, 1.807) is 6.92 Å². The summed E-state index contributed by atoms with van der Waals surface area (Å²) >= 11 is 0. The first-order valence-electron chi connectivity index (χ1n) is 6.10. The molecule has 3 heteroatoms. The summed E-state index contributed by atoms with van der Waals surface area (Å²) in [6.07, 6.45) is 1.77. The molecule has 2 rings (SSSR count). The molecule has 1 aliphatic rings. The molecule has 1 amide bonds. The highest BCUT2D eigenvalue weighted by Crippen LogP contribution is 2.21. The number of hydrogen-bond donors (Lipinski definition) is 1. The lowest BCUT2D eigenvalue weighted by Crippen LogP contribution is -2.37. The molecular weight excluding hydrogens is 214 g/mol. The van der Waals surface area contributed by atoms with Crippen LogP contribution in [0.25, 0.3) is 0 Å². The lowest BCUT2D eigenvalue weighted by atomic mass is 10.1. The Kier molecular flexibility index (Phi) is 3.36. The molecule has 1 atom stereocenters. The molecule has 0 spiro atoms. The molecule has 92 valence electrons. The van der Waals surface area contributed by atoms with Crippen molar-refractivity contribution in [2.75, 3.05) is 0 Å². The Morgan fingerprint density at radius 3 is 2.71 bits per heavy atom. The monoisotopic (exact) mass is 233 g/mol. The SMILES string of the molecule is Cc1ccc(O[C@@H](C)C(=O)NC2CC2)c(C)c1. The van der Waals surface area contributed by atoms with Crippen molar-refractivity contribution in [3.8, 4) is 5.75 Å². The van der Waals surface area contributed by atoms with Gasteiger partial charge in [-0.3, -0.25) is 4.79 Å². The maximum atomic E-state index is 11.7. The molecule has 17 heavy (non-hydrogen) atoms. The third kappa shape index (κ3) is 3.22. The minimum atomic E-state index is -0.433. The van der Waals surface area contributed by atoms with Gasteiger partial charge in [0.1, 0.15) is 5.75 Å². The first-order chi connectivity index (χ1) is 8.06. The van der Waals surface area contributed by atoms with Gasteiger partial charge in [-0.15, -0.1) is 0 Å². The number of hydrogen-bond acceptors (Lipinski definition) is 2. The zero-order valence-electron chi connectivity index (χ0n) is 10.6. The second-order valence-electron chi connectivity index (χ2n) is 4.81. The molecule has 0 bridgehead atoms. The van der Waals surface area contributed by atoms with E-state index < -0.39 is 6.10 Å². The summed E-state index contributed by atoms with van der Waals surface area (Å²) in [7, 11) is 0. The van der Waals surface area contributed by atoms with E-state index in [1.807, 2.05) is 26.0 Å². The van der Waals surface area contributed by atoms with Gasteiger partial charge in [-0.25, -0.2) is 0 Å². The van der Waals surface area contributed by atoms with Crippen molar-refractivity contribution in [2.45, 2.75) is 45.8 Å². The number of amides is 1. The maximum Gasteiger partial charge on any atom is 0.260 e. The quantitative estimate of drug-likeness (QED) is 0.867. The summed E-state index contributed by atoms with van der Waals surface area (Å²) in [5.74, 6) is 0.765. The molecule has 1 saturated carbocycles. The van der Waals surface area contributed by atoms with E-state index in [0.717, 1.165) is 24.2 Å². The summed E-state index contributed by atoms with van der Waals surface area (Å²) in [5.41, 5.74) is 2.26. The number of carbonyl (C=O) groups excluding carboxylic acids is 1. The lowest BCUT2D eigenvalue weighted by Gasteiger charge is -2.16. The Hall–Kier alpha value is -1.51. The molecule has 1 fully saturated rings. The van der Waals surface area contributed by atoms with E-state index in [0.29, 0.717) is 6.04 Å². The van der Waals surface area contributed by atoms with Gasteiger partial charge in [0.25, 0.3) is 5.91 Å². The van der Waals surface area contributed by atoms with Crippen LogP contribution in [0.2, 0.25) is 0 Å². The Morgan fingerprint density at radius 2 is 2.12 bits per heavy atom. The first-order valence-corrected chi connectivity index (χ1v) is 6.10. The van der Waals surface area contributed by atoms with Crippen LogP contribution in [0.4, 0.5) is 0 Å².